The second-order valence-corrected chi connectivity index (χ2v) is 11.9. The summed E-state index contributed by atoms with van der Waals surface area (Å²) in [4.78, 5) is 30.3. The second-order valence-electron chi connectivity index (χ2n) is 9.93. The number of H-pyrrole nitrogens is 1. The smallest absolute Gasteiger partial charge is 0.273 e. The summed E-state index contributed by atoms with van der Waals surface area (Å²) in [6.45, 7) is 5.19. The Morgan fingerprint density at radius 3 is 2.38 bits per heavy atom. The van der Waals surface area contributed by atoms with E-state index in [1.807, 2.05) is 42.2 Å². The fourth-order valence-electron chi connectivity index (χ4n) is 5.09. The van der Waals surface area contributed by atoms with Crippen LogP contribution in [0, 0.1) is 0 Å². The Labute approximate surface area is 229 Å². The van der Waals surface area contributed by atoms with Gasteiger partial charge in [-0.2, -0.15) is 15.4 Å². The monoisotopic (exact) mass is 552 g/mol. The van der Waals surface area contributed by atoms with Crippen LogP contribution >= 0.6 is 0 Å². The highest BCUT2D eigenvalue weighted by Crippen LogP contribution is 2.22. The quantitative estimate of drug-likeness (QED) is 0.374. The maximum Gasteiger partial charge on any atom is 0.273 e. The molecule has 39 heavy (non-hydrogen) atoms. The highest BCUT2D eigenvalue weighted by molar-refractivity contribution is 7.90. The molecule has 0 spiro atoms. The van der Waals surface area contributed by atoms with E-state index >= 15 is 0 Å². The lowest BCUT2D eigenvalue weighted by Gasteiger charge is -2.38. The van der Waals surface area contributed by atoms with Crippen LogP contribution in [-0.2, 0) is 21.1 Å². The first-order valence-electron chi connectivity index (χ1n) is 13.3. The number of aromatic nitrogens is 3. The van der Waals surface area contributed by atoms with E-state index in [0.717, 1.165) is 50.0 Å². The van der Waals surface area contributed by atoms with E-state index in [0.29, 0.717) is 6.54 Å². The predicted octanol–water partition coefficient (Wildman–Crippen LogP) is 2.63. The van der Waals surface area contributed by atoms with Crippen molar-refractivity contribution in [2.45, 2.75) is 49.6 Å². The van der Waals surface area contributed by atoms with Gasteiger partial charge in [0.05, 0.1) is 23.6 Å². The minimum absolute atomic E-state index is 0.0581. The Hall–Kier alpha value is -3.57. The second kappa shape index (κ2) is 13.0. The van der Waals surface area contributed by atoms with Gasteiger partial charge in [-0.3, -0.25) is 9.59 Å². The van der Waals surface area contributed by atoms with E-state index in [2.05, 4.69) is 25.6 Å². The minimum atomic E-state index is -3.26. The van der Waals surface area contributed by atoms with E-state index in [4.69, 9.17) is 0 Å². The topological polar surface area (TPSA) is 128 Å². The molecule has 1 aliphatic rings. The highest BCUT2D eigenvalue weighted by Gasteiger charge is 2.28. The van der Waals surface area contributed by atoms with Crippen LogP contribution in [-0.4, -0.2) is 83.9 Å². The molecule has 1 aromatic heterocycles. The van der Waals surface area contributed by atoms with Crippen molar-refractivity contribution in [3.05, 3.63) is 77.6 Å². The molecule has 1 saturated heterocycles. The maximum absolute atomic E-state index is 13.1. The van der Waals surface area contributed by atoms with Gasteiger partial charge in [0, 0.05) is 38.5 Å². The molecule has 2 heterocycles. The SMILES string of the molecule is CCN(C(=O)Cc1ccc(S(C)(=O)=O)cc1)C1CCN(CC[C@H](NC(=O)c2cn[nH]n2)c2ccccc2)CC1. The lowest BCUT2D eigenvalue weighted by Crippen LogP contribution is -2.48. The van der Waals surface area contributed by atoms with Crippen LogP contribution in [0.1, 0.15) is 53.8 Å². The molecule has 0 bridgehead atoms. The van der Waals surface area contributed by atoms with Gasteiger partial charge in [0.15, 0.2) is 15.5 Å². The first kappa shape index (κ1) is 28.4. The molecule has 11 heteroatoms. The van der Waals surface area contributed by atoms with Gasteiger partial charge in [-0.1, -0.05) is 42.5 Å². The van der Waals surface area contributed by atoms with Crippen LogP contribution in [0.5, 0.6) is 0 Å². The summed E-state index contributed by atoms with van der Waals surface area (Å²) in [5.41, 5.74) is 2.10. The van der Waals surface area contributed by atoms with Crippen LogP contribution in [0.25, 0.3) is 0 Å². The normalized spacial score (nSPS) is 15.5. The number of rotatable bonds is 11. The van der Waals surface area contributed by atoms with Gasteiger partial charge in [-0.15, -0.1) is 0 Å². The van der Waals surface area contributed by atoms with E-state index in [-0.39, 0.29) is 40.9 Å². The van der Waals surface area contributed by atoms with Crippen molar-refractivity contribution >= 4 is 21.7 Å². The zero-order valence-electron chi connectivity index (χ0n) is 22.4. The first-order valence-corrected chi connectivity index (χ1v) is 15.2. The minimum Gasteiger partial charge on any atom is -0.344 e. The molecule has 10 nitrogen and oxygen atoms in total. The van der Waals surface area contributed by atoms with Gasteiger partial charge in [0.25, 0.3) is 5.91 Å². The Morgan fingerprint density at radius 1 is 1.10 bits per heavy atom. The lowest BCUT2D eigenvalue weighted by molar-refractivity contribution is -0.133. The molecule has 2 aromatic carbocycles. The molecule has 3 aromatic rings. The van der Waals surface area contributed by atoms with Gasteiger partial charge in [0.2, 0.25) is 5.91 Å². The Bertz CT molecular complexity index is 1320. The number of hydrogen-bond donors (Lipinski definition) is 2. The summed E-state index contributed by atoms with van der Waals surface area (Å²) >= 11 is 0. The number of sulfone groups is 1. The Morgan fingerprint density at radius 2 is 1.79 bits per heavy atom. The molecule has 1 atom stereocenters. The Kier molecular flexibility index (Phi) is 9.47. The molecule has 0 unspecified atom stereocenters. The number of carbonyl (C=O) groups is 2. The number of nitrogens with zero attached hydrogens (tertiary/aromatic N) is 4. The third-order valence-corrected chi connectivity index (χ3v) is 8.38. The molecule has 0 aliphatic carbocycles. The standard InChI is InChI=1S/C28H36N6O4S/c1-3-34(27(35)19-21-9-11-24(12-10-21)39(2,37)38)23-13-16-33(17-14-23)18-15-25(22-7-5-4-6-8-22)30-28(36)26-20-29-32-31-26/h4-12,20,23,25H,3,13-19H2,1-2H3,(H,30,36)(H,29,31,32)/t25-/m0/s1. The van der Waals surface area contributed by atoms with Crippen molar-refractivity contribution in [1.82, 2.24) is 30.5 Å². The van der Waals surface area contributed by atoms with E-state index in [1.54, 1.807) is 24.3 Å². The third-order valence-electron chi connectivity index (χ3n) is 7.25. The zero-order chi connectivity index (χ0) is 27.8. The number of piperidine rings is 1. The van der Waals surface area contributed by atoms with E-state index in [1.165, 1.54) is 12.5 Å². The van der Waals surface area contributed by atoms with Gasteiger partial charge < -0.3 is 15.1 Å². The Balaban J connectivity index is 1.30. The van der Waals surface area contributed by atoms with Crippen LogP contribution in [0.3, 0.4) is 0 Å². The maximum atomic E-state index is 13.1. The van der Waals surface area contributed by atoms with Crippen molar-refractivity contribution in [2.75, 3.05) is 32.4 Å². The summed E-state index contributed by atoms with van der Waals surface area (Å²) in [5.74, 6) is -0.206. The number of carbonyl (C=O) groups excluding carboxylic acids is 2. The highest BCUT2D eigenvalue weighted by atomic mass is 32.2. The number of benzene rings is 2. The lowest BCUT2D eigenvalue weighted by atomic mass is 9.99. The van der Waals surface area contributed by atoms with Gasteiger partial charge in [-0.05, 0) is 49.4 Å². The zero-order valence-corrected chi connectivity index (χ0v) is 23.2. The number of likely N-dealkylation sites (N-methyl/N-ethyl adjacent to an activating group) is 1. The van der Waals surface area contributed by atoms with Gasteiger partial charge in [-0.25, -0.2) is 8.42 Å². The van der Waals surface area contributed by atoms with E-state index < -0.39 is 9.84 Å². The third kappa shape index (κ3) is 7.73. The number of nitrogens with one attached hydrogen (secondary N) is 2. The molecule has 2 N–H and O–H groups in total. The van der Waals surface area contributed by atoms with Gasteiger partial charge in [0.1, 0.15) is 0 Å². The van der Waals surface area contributed by atoms with Crippen LogP contribution in [0.4, 0.5) is 0 Å². The van der Waals surface area contributed by atoms with Gasteiger partial charge >= 0.3 is 0 Å². The average molecular weight is 553 g/mol. The predicted molar refractivity (Wildman–Crippen MR) is 148 cm³/mol. The van der Waals surface area contributed by atoms with Crippen molar-refractivity contribution in [1.29, 1.82) is 0 Å². The molecule has 0 saturated carbocycles. The fraction of sp³-hybridized carbons (Fsp3) is 0.429. The summed E-state index contributed by atoms with van der Waals surface area (Å²) < 4.78 is 23.4. The molecule has 2 amide bonds. The first-order chi connectivity index (χ1) is 18.7. The molecular weight excluding hydrogens is 516 g/mol. The summed E-state index contributed by atoms with van der Waals surface area (Å²) in [7, 11) is -3.26. The average Bonchev–Trinajstić information content (AvgIpc) is 3.48. The number of likely N-dealkylation sites (tertiary alicyclic amines) is 1. The molecule has 1 aliphatic heterocycles. The molecule has 0 radical (unpaired) electrons. The van der Waals surface area contributed by atoms with Crippen molar-refractivity contribution in [2.24, 2.45) is 0 Å². The fourth-order valence-corrected chi connectivity index (χ4v) is 5.72. The number of amides is 2. The molecule has 4 rings (SSSR count). The molecule has 208 valence electrons. The van der Waals surface area contributed by atoms with Crippen molar-refractivity contribution in [3.8, 4) is 0 Å². The number of hydrogen-bond acceptors (Lipinski definition) is 7. The number of aromatic amines is 1. The summed E-state index contributed by atoms with van der Waals surface area (Å²) in [6, 6.07) is 16.5. The summed E-state index contributed by atoms with van der Waals surface area (Å²) in [5, 5.41) is 13.2. The molecule has 1 fully saturated rings. The molecular formula is C28H36N6O4S. The van der Waals surface area contributed by atoms with Crippen LogP contribution in [0.15, 0.2) is 65.7 Å². The summed E-state index contributed by atoms with van der Waals surface area (Å²) in [6.07, 6.45) is 5.35. The van der Waals surface area contributed by atoms with Crippen molar-refractivity contribution in [3.63, 3.8) is 0 Å². The van der Waals surface area contributed by atoms with Crippen LogP contribution < -0.4 is 5.32 Å². The van der Waals surface area contributed by atoms with E-state index in [9.17, 15) is 18.0 Å². The largest absolute Gasteiger partial charge is 0.344 e. The van der Waals surface area contributed by atoms with Crippen LogP contribution in [0.2, 0.25) is 0 Å². The van der Waals surface area contributed by atoms with Crippen molar-refractivity contribution < 1.29 is 18.0 Å².